The Labute approximate surface area is 112 Å². The maximum Gasteiger partial charge on any atom is 0.122 e. The summed E-state index contributed by atoms with van der Waals surface area (Å²) in [6.45, 7) is 9.90. The normalized spacial score (nSPS) is 10.9. The molecule has 0 radical (unpaired) electrons. The second-order valence-electron chi connectivity index (χ2n) is 5.11. The number of ether oxygens (including phenoxy) is 1. The van der Waals surface area contributed by atoms with Gasteiger partial charge in [0.25, 0.3) is 0 Å². The zero-order chi connectivity index (χ0) is 13.2. The van der Waals surface area contributed by atoms with Gasteiger partial charge in [0.2, 0.25) is 0 Å². The third-order valence-electron chi connectivity index (χ3n) is 3.11. The van der Waals surface area contributed by atoms with Crippen molar-refractivity contribution in [2.24, 2.45) is 0 Å². The fourth-order valence-electron chi connectivity index (χ4n) is 1.99. The molecule has 0 aromatic heterocycles. The van der Waals surface area contributed by atoms with E-state index >= 15 is 0 Å². The van der Waals surface area contributed by atoms with Crippen LogP contribution in [0.3, 0.4) is 0 Å². The molecule has 0 spiro atoms. The van der Waals surface area contributed by atoms with Crippen molar-refractivity contribution in [1.82, 2.24) is 0 Å². The molecule has 102 valence electrons. The summed E-state index contributed by atoms with van der Waals surface area (Å²) >= 11 is 0. The van der Waals surface area contributed by atoms with E-state index < -0.39 is 0 Å². The van der Waals surface area contributed by atoms with E-state index in [2.05, 4.69) is 50.4 Å². The van der Waals surface area contributed by atoms with E-state index in [-0.39, 0.29) is 0 Å². The SMILES string of the molecule is CCCC[NH2+]CCCOc1ccccc1C(C)C. The molecular weight excluding hydrogens is 222 g/mol. The van der Waals surface area contributed by atoms with Crippen molar-refractivity contribution < 1.29 is 10.1 Å². The smallest absolute Gasteiger partial charge is 0.122 e. The van der Waals surface area contributed by atoms with Crippen LogP contribution in [0.2, 0.25) is 0 Å². The summed E-state index contributed by atoms with van der Waals surface area (Å²) < 4.78 is 5.88. The number of nitrogens with two attached hydrogens (primary N) is 1. The Bertz CT molecular complexity index is 323. The van der Waals surface area contributed by atoms with Crippen LogP contribution in [0.1, 0.15) is 51.5 Å². The van der Waals surface area contributed by atoms with Crippen LogP contribution in [0.4, 0.5) is 0 Å². The van der Waals surface area contributed by atoms with Crippen LogP contribution >= 0.6 is 0 Å². The minimum Gasteiger partial charge on any atom is -0.493 e. The first-order valence-electron chi connectivity index (χ1n) is 7.29. The summed E-state index contributed by atoms with van der Waals surface area (Å²) in [5, 5.41) is 2.39. The van der Waals surface area contributed by atoms with Gasteiger partial charge in [-0.25, -0.2) is 0 Å². The van der Waals surface area contributed by atoms with Gasteiger partial charge in [0, 0.05) is 6.42 Å². The van der Waals surface area contributed by atoms with Crippen LogP contribution in [0.25, 0.3) is 0 Å². The van der Waals surface area contributed by atoms with E-state index in [1.54, 1.807) is 0 Å². The molecule has 18 heavy (non-hydrogen) atoms. The van der Waals surface area contributed by atoms with Crippen molar-refractivity contribution >= 4 is 0 Å². The first-order chi connectivity index (χ1) is 8.75. The quantitative estimate of drug-likeness (QED) is 0.670. The fourth-order valence-corrected chi connectivity index (χ4v) is 1.99. The third-order valence-corrected chi connectivity index (χ3v) is 3.11. The summed E-state index contributed by atoms with van der Waals surface area (Å²) in [7, 11) is 0. The third kappa shape index (κ3) is 5.54. The fraction of sp³-hybridized carbons (Fsp3) is 0.625. The Morgan fingerprint density at radius 2 is 1.83 bits per heavy atom. The largest absolute Gasteiger partial charge is 0.493 e. The Morgan fingerprint density at radius 1 is 1.11 bits per heavy atom. The molecule has 0 aliphatic heterocycles. The summed E-state index contributed by atoms with van der Waals surface area (Å²) in [6, 6.07) is 8.37. The molecule has 1 aromatic rings. The van der Waals surface area contributed by atoms with Crippen LogP contribution in [0, 0.1) is 0 Å². The van der Waals surface area contributed by atoms with Crippen molar-refractivity contribution in [3.05, 3.63) is 29.8 Å². The van der Waals surface area contributed by atoms with Crippen molar-refractivity contribution in [1.29, 1.82) is 0 Å². The molecule has 1 aromatic carbocycles. The molecule has 1 rings (SSSR count). The predicted molar refractivity (Wildman–Crippen MR) is 77.2 cm³/mol. The molecule has 0 aliphatic rings. The number of benzene rings is 1. The number of hydrogen-bond donors (Lipinski definition) is 1. The van der Waals surface area contributed by atoms with Gasteiger partial charge in [0.05, 0.1) is 19.7 Å². The Balaban J connectivity index is 2.23. The van der Waals surface area contributed by atoms with Gasteiger partial charge in [0.15, 0.2) is 0 Å². The number of rotatable bonds is 9. The van der Waals surface area contributed by atoms with Gasteiger partial charge < -0.3 is 10.1 Å². The van der Waals surface area contributed by atoms with E-state index in [4.69, 9.17) is 4.74 Å². The topological polar surface area (TPSA) is 25.8 Å². The van der Waals surface area contributed by atoms with E-state index in [1.165, 1.54) is 31.5 Å². The number of para-hydroxylation sites is 1. The lowest BCUT2D eigenvalue weighted by Crippen LogP contribution is -2.84. The molecule has 2 heteroatoms. The Morgan fingerprint density at radius 3 is 2.56 bits per heavy atom. The highest BCUT2D eigenvalue weighted by molar-refractivity contribution is 5.35. The molecule has 0 saturated heterocycles. The van der Waals surface area contributed by atoms with Gasteiger partial charge >= 0.3 is 0 Å². The molecule has 0 fully saturated rings. The van der Waals surface area contributed by atoms with Crippen LogP contribution in [0.5, 0.6) is 5.75 Å². The van der Waals surface area contributed by atoms with Gasteiger partial charge in [-0.2, -0.15) is 0 Å². The number of hydrogen-bond acceptors (Lipinski definition) is 1. The first-order valence-corrected chi connectivity index (χ1v) is 7.29. The molecule has 0 heterocycles. The molecule has 0 saturated carbocycles. The molecule has 0 atom stereocenters. The molecule has 0 amide bonds. The second kappa shape index (κ2) is 8.98. The van der Waals surface area contributed by atoms with E-state index in [9.17, 15) is 0 Å². The van der Waals surface area contributed by atoms with Gasteiger partial charge in [-0.1, -0.05) is 45.4 Å². The molecular formula is C16H28NO+. The Hall–Kier alpha value is -1.02. The van der Waals surface area contributed by atoms with Crippen molar-refractivity contribution in [3.8, 4) is 5.75 Å². The van der Waals surface area contributed by atoms with Crippen molar-refractivity contribution in [2.45, 2.75) is 46.0 Å². The maximum absolute atomic E-state index is 5.88. The highest BCUT2D eigenvalue weighted by Gasteiger charge is 2.06. The highest BCUT2D eigenvalue weighted by atomic mass is 16.5. The van der Waals surface area contributed by atoms with E-state index in [0.29, 0.717) is 5.92 Å². The van der Waals surface area contributed by atoms with Gasteiger partial charge in [-0.15, -0.1) is 0 Å². The molecule has 0 bridgehead atoms. The molecule has 2 nitrogen and oxygen atoms in total. The highest BCUT2D eigenvalue weighted by Crippen LogP contribution is 2.25. The van der Waals surface area contributed by atoms with Gasteiger partial charge in [0.1, 0.15) is 5.75 Å². The van der Waals surface area contributed by atoms with E-state index in [1.807, 2.05) is 0 Å². The van der Waals surface area contributed by atoms with Crippen molar-refractivity contribution in [2.75, 3.05) is 19.7 Å². The minimum atomic E-state index is 0.525. The lowest BCUT2D eigenvalue weighted by molar-refractivity contribution is -0.655. The monoisotopic (exact) mass is 250 g/mol. The lowest BCUT2D eigenvalue weighted by atomic mass is 10.0. The zero-order valence-corrected chi connectivity index (χ0v) is 12.1. The average Bonchev–Trinajstić information content (AvgIpc) is 2.38. The Kier molecular flexibility index (Phi) is 7.51. The minimum absolute atomic E-state index is 0.525. The maximum atomic E-state index is 5.88. The lowest BCUT2D eigenvalue weighted by Gasteiger charge is -2.13. The standard InChI is InChI=1S/C16H27NO/c1-4-5-11-17-12-8-13-18-16-10-7-6-9-15(16)14(2)3/h6-7,9-10,14,17H,4-5,8,11-13H2,1-3H3/p+1. The van der Waals surface area contributed by atoms with E-state index in [0.717, 1.165) is 18.8 Å². The molecule has 0 aliphatic carbocycles. The number of quaternary nitrogens is 1. The van der Waals surface area contributed by atoms with Gasteiger partial charge in [-0.3, -0.25) is 0 Å². The molecule has 0 unspecified atom stereocenters. The summed E-state index contributed by atoms with van der Waals surface area (Å²) in [5.41, 5.74) is 1.31. The predicted octanol–water partition coefficient (Wildman–Crippen LogP) is 2.94. The zero-order valence-electron chi connectivity index (χ0n) is 12.1. The average molecular weight is 250 g/mol. The first kappa shape index (κ1) is 15.0. The number of unbranched alkanes of at least 4 members (excludes halogenated alkanes) is 1. The van der Waals surface area contributed by atoms with Crippen LogP contribution < -0.4 is 10.1 Å². The van der Waals surface area contributed by atoms with Crippen LogP contribution in [-0.2, 0) is 0 Å². The van der Waals surface area contributed by atoms with Gasteiger partial charge in [-0.05, 0) is 24.0 Å². The van der Waals surface area contributed by atoms with Crippen molar-refractivity contribution in [3.63, 3.8) is 0 Å². The molecule has 2 N–H and O–H groups in total. The second-order valence-corrected chi connectivity index (χ2v) is 5.11. The van der Waals surface area contributed by atoms with Crippen LogP contribution in [-0.4, -0.2) is 19.7 Å². The van der Waals surface area contributed by atoms with Crippen LogP contribution in [0.15, 0.2) is 24.3 Å². The summed E-state index contributed by atoms with van der Waals surface area (Å²) in [6.07, 6.45) is 3.72. The summed E-state index contributed by atoms with van der Waals surface area (Å²) in [5.74, 6) is 1.58. The summed E-state index contributed by atoms with van der Waals surface area (Å²) in [4.78, 5) is 0.